The molecule has 0 unspecified atom stereocenters. The van der Waals surface area contributed by atoms with E-state index in [0.29, 0.717) is 0 Å². The van der Waals surface area contributed by atoms with Crippen molar-refractivity contribution in [1.82, 2.24) is 0 Å². The minimum atomic E-state index is 0.788. The van der Waals surface area contributed by atoms with Crippen LogP contribution in [0.4, 0.5) is 0 Å². The highest BCUT2D eigenvalue weighted by Gasteiger charge is 2.18. The molecule has 122 valence electrons. The molecule has 0 fully saturated rings. The predicted octanol–water partition coefficient (Wildman–Crippen LogP) is 7.76. The molecule has 2 aromatic carbocycles. The quantitative estimate of drug-likeness (QED) is 0.409. The van der Waals surface area contributed by atoms with Gasteiger partial charge in [-0.05, 0) is 60.6 Å². The van der Waals surface area contributed by atoms with E-state index in [2.05, 4.69) is 36.4 Å². The minimum absolute atomic E-state index is 0.788. The Morgan fingerprint density at radius 1 is 0.917 bits per heavy atom. The van der Waals surface area contributed by atoms with Crippen LogP contribution in [0.5, 0.6) is 0 Å². The second-order valence-corrected chi connectivity index (χ2v) is 8.13. The van der Waals surface area contributed by atoms with Crippen LogP contribution in [0.3, 0.4) is 0 Å². The highest BCUT2D eigenvalue weighted by molar-refractivity contribution is 7.20. The lowest BCUT2D eigenvalue weighted by Crippen LogP contribution is -1.94. The van der Waals surface area contributed by atoms with Gasteiger partial charge in [-0.15, -0.1) is 11.3 Å². The first-order chi connectivity index (χ1) is 11.7. The summed E-state index contributed by atoms with van der Waals surface area (Å²) in [6.45, 7) is 0. The minimum Gasteiger partial charge on any atom is -0.134 e. The fraction of sp³-hybridized carbons (Fsp3) is 0.238. The average molecular weight is 373 g/mol. The van der Waals surface area contributed by atoms with E-state index in [4.69, 9.17) is 23.2 Å². The predicted molar refractivity (Wildman–Crippen MR) is 108 cm³/mol. The lowest BCUT2D eigenvalue weighted by Gasteiger charge is -2.13. The smallest absolute Gasteiger partial charge is 0.0671 e. The van der Waals surface area contributed by atoms with Gasteiger partial charge in [-0.3, -0.25) is 0 Å². The first-order valence-electron chi connectivity index (χ1n) is 8.40. The third-order valence-electron chi connectivity index (χ3n) is 4.64. The van der Waals surface area contributed by atoms with Crippen LogP contribution in [0.15, 0.2) is 48.5 Å². The Labute approximate surface area is 156 Å². The number of benzene rings is 2. The second kappa shape index (κ2) is 6.92. The van der Waals surface area contributed by atoms with Crippen molar-refractivity contribution >= 4 is 50.2 Å². The van der Waals surface area contributed by atoms with Gasteiger partial charge in [-0.1, -0.05) is 60.0 Å². The Bertz CT molecular complexity index is 921. The molecule has 0 nitrogen and oxygen atoms in total. The molecule has 0 saturated heterocycles. The van der Waals surface area contributed by atoms with E-state index < -0.39 is 0 Å². The largest absolute Gasteiger partial charge is 0.134 e. The molecule has 0 N–H and O–H groups in total. The number of fused-ring (bicyclic) bond motifs is 2. The van der Waals surface area contributed by atoms with Crippen LogP contribution in [0.2, 0.25) is 10.0 Å². The first kappa shape index (κ1) is 16.2. The highest BCUT2D eigenvalue weighted by atomic mass is 35.5. The van der Waals surface area contributed by atoms with Gasteiger partial charge in [0.05, 0.1) is 9.90 Å². The maximum Gasteiger partial charge on any atom is 0.0671 e. The molecule has 0 radical (unpaired) electrons. The zero-order chi connectivity index (χ0) is 16.5. The van der Waals surface area contributed by atoms with Gasteiger partial charge in [0.25, 0.3) is 0 Å². The van der Waals surface area contributed by atoms with E-state index >= 15 is 0 Å². The molecule has 0 aliphatic heterocycles. The number of halogens is 2. The maximum atomic E-state index is 6.77. The van der Waals surface area contributed by atoms with Crippen molar-refractivity contribution in [2.45, 2.75) is 32.1 Å². The second-order valence-electron chi connectivity index (χ2n) is 6.26. The van der Waals surface area contributed by atoms with Crippen LogP contribution >= 0.6 is 34.5 Å². The number of aryl methyl sites for hydroxylation is 1. The molecule has 1 aliphatic carbocycles. The number of hydrogen-bond donors (Lipinski definition) is 0. The van der Waals surface area contributed by atoms with Crippen LogP contribution in [-0.4, -0.2) is 0 Å². The van der Waals surface area contributed by atoms with Gasteiger partial charge in [-0.2, -0.15) is 0 Å². The Morgan fingerprint density at radius 3 is 2.67 bits per heavy atom. The summed E-state index contributed by atoms with van der Waals surface area (Å²) in [7, 11) is 0. The van der Waals surface area contributed by atoms with E-state index in [9.17, 15) is 0 Å². The van der Waals surface area contributed by atoms with Gasteiger partial charge in [0.1, 0.15) is 0 Å². The molecule has 0 spiro atoms. The number of thiophene rings is 1. The van der Waals surface area contributed by atoms with Gasteiger partial charge < -0.3 is 0 Å². The molecule has 4 rings (SSSR count). The maximum absolute atomic E-state index is 6.77. The van der Waals surface area contributed by atoms with Crippen LogP contribution in [0, 0.1) is 0 Å². The van der Waals surface area contributed by atoms with Crippen molar-refractivity contribution in [2.24, 2.45) is 0 Å². The van der Waals surface area contributed by atoms with Crippen molar-refractivity contribution in [3.05, 3.63) is 74.6 Å². The highest BCUT2D eigenvalue weighted by Crippen LogP contribution is 2.43. The summed E-state index contributed by atoms with van der Waals surface area (Å²) in [5, 5.41) is 2.80. The van der Waals surface area contributed by atoms with Gasteiger partial charge in [0.15, 0.2) is 0 Å². The summed E-state index contributed by atoms with van der Waals surface area (Å²) in [5.74, 6) is 0. The van der Waals surface area contributed by atoms with Crippen molar-refractivity contribution in [1.29, 1.82) is 0 Å². The normalized spacial score (nSPS) is 15.3. The summed E-state index contributed by atoms with van der Waals surface area (Å²) in [5.41, 5.74) is 3.87. The van der Waals surface area contributed by atoms with Gasteiger partial charge in [0, 0.05) is 15.1 Å². The fourth-order valence-corrected chi connectivity index (χ4v) is 5.17. The molecule has 3 aromatic rings. The average Bonchev–Trinajstić information content (AvgIpc) is 2.96. The Hall–Kier alpha value is -1.28. The molecular formula is C21H18Cl2S. The van der Waals surface area contributed by atoms with E-state index in [0.717, 1.165) is 28.3 Å². The topological polar surface area (TPSA) is 0 Å². The van der Waals surface area contributed by atoms with Crippen molar-refractivity contribution in [3.63, 3.8) is 0 Å². The summed E-state index contributed by atoms with van der Waals surface area (Å²) in [6.07, 6.45) is 8.28. The van der Waals surface area contributed by atoms with Crippen LogP contribution in [0.25, 0.3) is 15.7 Å². The third kappa shape index (κ3) is 3.01. The Kier molecular flexibility index (Phi) is 4.67. The summed E-state index contributed by atoms with van der Waals surface area (Å²) in [4.78, 5) is 1.17. The molecule has 0 saturated carbocycles. The van der Waals surface area contributed by atoms with E-state index in [1.807, 2.05) is 12.1 Å². The van der Waals surface area contributed by atoms with Gasteiger partial charge >= 0.3 is 0 Å². The molecule has 0 bridgehead atoms. The van der Waals surface area contributed by atoms with Crippen molar-refractivity contribution < 1.29 is 0 Å². The molecule has 1 heterocycles. The standard InChI is InChI=1S/C21H18Cl2S/c22-15-12-11-14-7-3-1-2-4-8-16(18(14)13-15)21-20(23)17-9-5-6-10-19(17)24-21/h5-6,8-13H,1-4,7H2. The monoisotopic (exact) mass is 372 g/mol. The zero-order valence-corrected chi connectivity index (χ0v) is 15.6. The zero-order valence-electron chi connectivity index (χ0n) is 13.3. The van der Waals surface area contributed by atoms with E-state index in [1.54, 1.807) is 11.3 Å². The third-order valence-corrected chi connectivity index (χ3v) is 6.58. The molecular weight excluding hydrogens is 355 g/mol. The lowest BCUT2D eigenvalue weighted by molar-refractivity contribution is 0.690. The molecule has 3 heteroatoms. The molecule has 1 aromatic heterocycles. The fourth-order valence-electron chi connectivity index (χ4n) is 3.41. The first-order valence-corrected chi connectivity index (χ1v) is 9.97. The summed E-state index contributed by atoms with van der Waals surface area (Å²) < 4.78 is 1.24. The van der Waals surface area contributed by atoms with Crippen LogP contribution < -0.4 is 0 Å². The molecule has 24 heavy (non-hydrogen) atoms. The molecule has 0 amide bonds. The van der Waals surface area contributed by atoms with E-state index in [-0.39, 0.29) is 0 Å². The molecule has 1 aliphatic rings. The number of rotatable bonds is 1. The summed E-state index contributed by atoms with van der Waals surface area (Å²) >= 11 is 14.9. The Morgan fingerprint density at radius 2 is 1.79 bits per heavy atom. The number of allylic oxidation sites excluding steroid dienone is 1. The number of hydrogen-bond acceptors (Lipinski definition) is 1. The van der Waals surface area contributed by atoms with Crippen LogP contribution in [-0.2, 0) is 6.42 Å². The SMILES string of the molecule is Clc1ccc2c(c1)C(c1sc3ccccc3c1Cl)=CCCCCC2. The Balaban J connectivity index is 1.94. The van der Waals surface area contributed by atoms with Gasteiger partial charge in [-0.25, -0.2) is 0 Å². The van der Waals surface area contributed by atoms with Gasteiger partial charge in [0.2, 0.25) is 0 Å². The van der Waals surface area contributed by atoms with Crippen LogP contribution in [0.1, 0.15) is 41.7 Å². The molecule has 0 atom stereocenters. The lowest BCUT2D eigenvalue weighted by atomic mass is 9.95. The van der Waals surface area contributed by atoms with Crippen molar-refractivity contribution in [3.8, 4) is 0 Å². The summed E-state index contributed by atoms with van der Waals surface area (Å²) in [6, 6.07) is 14.7. The van der Waals surface area contributed by atoms with E-state index in [1.165, 1.54) is 45.5 Å². The van der Waals surface area contributed by atoms with Crippen molar-refractivity contribution in [2.75, 3.05) is 0 Å².